The zero-order valence-corrected chi connectivity index (χ0v) is 19.7. The van der Waals surface area contributed by atoms with Gasteiger partial charge in [-0.25, -0.2) is 0 Å². The maximum absolute atomic E-state index is 12.8. The highest BCUT2D eigenvalue weighted by Gasteiger charge is 2.21. The van der Waals surface area contributed by atoms with Crippen LogP contribution in [-0.2, 0) is 11.2 Å². The van der Waals surface area contributed by atoms with Gasteiger partial charge in [-0.2, -0.15) is 0 Å². The summed E-state index contributed by atoms with van der Waals surface area (Å²) in [4.78, 5) is 27.7. The lowest BCUT2D eigenvalue weighted by Crippen LogP contribution is -2.43. The van der Waals surface area contributed by atoms with Crippen molar-refractivity contribution in [2.24, 2.45) is 0 Å². The van der Waals surface area contributed by atoms with Crippen LogP contribution in [0.4, 0.5) is 5.69 Å². The first-order valence-corrected chi connectivity index (χ1v) is 11.6. The van der Waals surface area contributed by atoms with E-state index in [2.05, 4.69) is 27.7 Å². The smallest absolute Gasteiger partial charge is 0.251 e. The summed E-state index contributed by atoms with van der Waals surface area (Å²) in [5, 5.41) is 6.61. The number of halogens is 1. The molecule has 3 rings (SSSR count). The Morgan fingerprint density at radius 1 is 1.12 bits per heavy atom. The standard InChI is InChI=1S/C25H32ClN3O3/c1-4-23(30)22(15-18-5-8-20(9-6-18)29-13-11-27-12-14-29)28-25(31)19-7-10-24(21(26)16-19)32-17(2)3/h5-10,16-17,22,27H,4,11-15H2,1-3H3,(H,28,31). The van der Waals surface area contributed by atoms with E-state index in [-0.39, 0.29) is 17.8 Å². The van der Waals surface area contributed by atoms with Gasteiger partial charge in [0.25, 0.3) is 5.91 Å². The fourth-order valence-corrected chi connectivity index (χ4v) is 3.95. The van der Waals surface area contributed by atoms with Crippen LogP contribution in [0.15, 0.2) is 42.5 Å². The zero-order valence-electron chi connectivity index (χ0n) is 19.0. The number of ether oxygens (including phenoxy) is 1. The van der Waals surface area contributed by atoms with Crippen LogP contribution >= 0.6 is 11.6 Å². The summed E-state index contributed by atoms with van der Waals surface area (Å²) in [6.07, 6.45) is 0.783. The number of Topliss-reactive ketones (excluding diaryl/α,β-unsaturated/α-hetero) is 1. The Labute approximate surface area is 195 Å². The molecule has 32 heavy (non-hydrogen) atoms. The molecule has 2 aromatic carbocycles. The Kier molecular flexibility index (Phi) is 8.53. The van der Waals surface area contributed by atoms with E-state index in [4.69, 9.17) is 16.3 Å². The van der Waals surface area contributed by atoms with Crippen molar-refractivity contribution < 1.29 is 14.3 Å². The number of carbonyl (C=O) groups excluding carboxylic acids is 2. The summed E-state index contributed by atoms with van der Waals surface area (Å²) in [5.41, 5.74) is 2.58. The lowest BCUT2D eigenvalue weighted by atomic mass is 10.00. The van der Waals surface area contributed by atoms with Crippen molar-refractivity contribution >= 4 is 29.0 Å². The maximum atomic E-state index is 12.8. The van der Waals surface area contributed by atoms with E-state index in [1.807, 2.05) is 32.9 Å². The topological polar surface area (TPSA) is 70.7 Å². The lowest BCUT2D eigenvalue weighted by molar-refractivity contribution is -0.120. The fraction of sp³-hybridized carbons (Fsp3) is 0.440. The molecule has 1 aliphatic heterocycles. The molecule has 0 saturated carbocycles. The Morgan fingerprint density at radius 3 is 2.41 bits per heavy atom. The molecule has 1 heterocycles. The summed E-state index contributed by atoms with van der Waals surface area (Å²) in [6, 6.07) is 12.6. The molecule has 7 heteroatoms. The molecule has 1 fully saturated rings. The molecule has 0 aliphatic carbocycles. The molecule has 0 spiro atoms. The molecule has 6 nitrogen and oxygen atoms in total. The van der Waals surface area contributed by atoms with E-state index in [9.17, 15) is 9.59 Å². The third-order valence-corrected chi connectivity index (χ3v) is 5.75. The van der Waals surface area contributed by atoms with Crippen molar-refractivity contribution in [1.29, 1.82) is 0 Å². The van der Waals surface area contributed by atoms with Crippen LogP contribution in [0.3, 0.4) is 0 Å². The molecule has 2 N–H and O–H groups in total. The first kappa shape index (κ1) is 24.1. The maximum Gasteiger partial charge on any atom is 0.251 e. The third kappa shape index (κ3) is 6.47. The molecule has 1 unspecified atom stereocenters. The van der Waals surface area contributed by atoms with Crippen molar-refractivity contribution in [2.75, 3.05) is 31.1 Å². The van der Waals surface area contributed by atoms with Gasteiger partial charge in [0, 0.05) is 43.9 Å². The number of ketones is 1. The number of carbonyl (C=O) groups is 2. The molecule has 1 atom stereocenters. The van der Waals surface area contributed by atoms with Crippen LogP contribution in [0.5, 0.6) is 5.75 Å². The van der Waals surface area contributed by atoms with Crippen LogP contribution in [0.2, 0.25) is 5.02 Å². The van der Waals surface area contributed by atoms with Crippen LogP contribution in [0.25, 0.3) is 0 Å². The van der Waals surface area contributed by atoms with Gasteiger partial charge in [-0.15, -0.1) is 0 Å². The van der Waals surface area contributed by atoms with Crippen LogP contribution < -0.4 is 20.3 Å². The number of nitrogens with zero attached hydrogens (tertiary/aromatic N) is 1. The first-order chi connectivity index (χ1) is 15.4. The quantitative estimate of drug-likeness (QED) is 0.598. The number of hydrogen-bond donors (Lipinski definition) is 2. The van der Waals surface area contributed by atoms with Crippen molar-refractivity contribution in [3.05, 3.63) is 58.6 Å². The van der Waals surface area contributed by atoms with E-state index < -0.39 is 6.04 Å². The van der Waals surface area contributed by atoms with Crippen LogP contribution in [0, 0.1) is 0 Å². The van der Waals surface area contributed by atoms with Gasteiger partial charge in [0.1, 0.15) is 5.75 Å². The molecule has 0 radical (unpaired) electrons. The first-order valence-electron chi connectivity index (χ1n) is 11.2. The van der Waals surface area contributed by atoms with E-state index in [1.165, 1.54) is 5.69 Å². The van der Waals surface area contributed by atoms with Gasteiger partial charge in [-0.05, 0) is 56.2 Å². The Morgan fingerprint density at radius 2 is 1.81 bits per heavy atom. The van der Waals surface area contributed by atoms with Gasteiger partial charge in [0.2, 0.25) is 0 Å². The van der Waals surface area contributed by atoms with Crippen molar-refractivity contribution in [3.63, 3.8) is 0 Å². The molecular formula is C25H32ClN3O3. The van der Waals surface area contributed by atoms with Crippen LogP contribution in [0.1, 0.15) is 43.1 Å². The monoisotopic (exact) mass is 457 g/mol. The molecule has 172 valence electrons. The molecule has 1 amide bonds. The second-order valence-corrected chi connectivity index (χ2v) is 8.67. The fourth-order valence-electron chi connectivity index (χ4n) is 3.73. The zero-order chi connectivity index (χ0) is 23.1. The van der Waals surface area contributed by atoms with Gasteiger partial charge < -0.3 is 20.3 Å². The predicted molar refractivity (Wildman–Crippen MR) is 129 cm³/mol. The average Bonchev–Trinajstić information content (AvgIpc) is 2.80. The Balaban J connectivity index is 1.68. The molecule has 2 aromatic rings. The van der Waals surface area contributed by atoms with Gasteiger partial charge in [0.15, 0.2) is 5.78 Å². The van der Waals surface area contributed by atoms with Gasteiger partial charge in [-0.3, -0.25) is 9.59 Å². The SMILES string of the molecule is CCC(=O)C(Cc1ccc(N2CCNCC2)cc1)NC(=O)c1ccc(OC(C)C)c(Cl)c1. The molecule has 0 bridgehead atoms. The van der Waals surface area contributed by atoms with Crippen LogP contribution in [-0.4, -0.2) is 50.0 Å². The summed E-state index contributed by atoms with van der Waals surface area (Å²) in [6.45, 7) is 9.56. The lowest BCUT2D eigenvalue weighted by Gasteiger charge is -2.29. The number of benzene rings is 2. The highest BCUT2D eigenvalue weighted by molar-refractivity contribution is 6.32. The van der Waals surface area contributed by atoms with E-state index in [0.717, 1.165) is 31.7 Å². The number of piperazine rings is 1. The van der Waals surface area contributed by atoms with E-state index in [0.29, 0.717) is 29.2 Å². The number of nitrogens with one attached hydrogen (secondary N) is 2. The number of amides is 1. The minimum atomic E-state index is -0.595. The summed E-state index contributed by atoms with van der Waals surface area (Å²) in [7, 11) is 0. The minimum absolute atomic E-state index is 0.00427. The number of rotatable bonds is 9. The Hall–Kier alpha value is -2.57. The third-order valence-electron chi connectivity index (χ3n) is 5.46. The van der Waals surface area contributed by atoms with Gasteiger partial charge in [0.05, 0.1) is 17.2 Å². The highest BCUT2D eigenvalue weighted by atomic mass is 35.5. The molecule has 0 aromatic heterocycles. The average molecular weight is 458 g/mol. The molecular weight excluding hydrogens is 426 g/mol. The molecule has 1 saturated heterocycles. The number of hydrogen-bond acceptors (Lipinski definition) is 5. The summed E-state index contributed by atoms with van der Waals surface area (Å²) >= 11 is 6.27. The van der Waals surface area contributed by atoms with Crippen molar-refractivity contribution in [1.82, 2.24) is 10.6 Å². The predicted octanol–water partition coefficient (Wildman–Crippen LogP) is 3.86. The normalized spacial score (nSPS) is 14.8. The Bertz CT molecular complexity index is 925. The van der Waals surface area contributed by atoms with Crippen molar-refractivity contribution in [3.8, 4) is 5.75 Å². The summed E-state index contributed by atoms with van der Waals surface area (Å²) < 4.78 is 5.62. The molecule has 1 aliphatic rings. The number of anilines is 1. The largest absolute Gasteiger partial charge is 0.489 e. The minimum Gasteiger partial charge on any atom is -0.489 e. The van der Waals surface area contributed by atoms with Gasteiger partial charge >= 0.3 is 0 Å². The van der Waals surface area contributed by atoms with Gasteiger partial charge in [-0.1, -0.05) is 30.7 Å². The van der Waals surface area contributed by atoms with E-state index >= 15 is 0 Å². The summed E-state index contributed by atoms with van der Waals surface area (Å²) in [5.74, 6) is 0.201. The van der Waals surface area contributed by atoms with Crippen molar-refractivity contribution in [2.45, 2.75) is 45.8 Å². The second kappa shape index (κ2) is 11.3. The highest BCUT2D eigenvalue weighted by Crippen LogP contribution is 2.26. The second-order valence-electron chi connectivity index (χ2n) is 8.27. The van der Waals surface area contributed by atoms with E-state index in [1.54, 1.807) is 18.2 Å².